The third-order valence-corrected chi connectivity index (χ3v) is 17.0. The topological polar surface area (TPSA) is 17.1 Å². The first-order chi connectivity index (χ1) is 8.17. The van der Waals surface area contributed by atoms with Gasteiger partial charge in [0.2, 0.25) is 0 Å². The van der Waals surface area contributed by atoms with Gasteiger partial charge in [-0.2, -0.15) is 0 Å². The minimum atomic E-state index is -2.26. The Kier molecular flexibility index (Phi) is 5.77. The van der Waals surface area contributed by atoms with Gasteiger partial charge in [0.1, 0.15) is 0 Å². The summed E-state index contributed by atoms with van der Waals surface area (Å²) >= 11 is -2.26. The van der Waals surface area contributed by atoms with Crippen LogP contribution in [0.4, 0.5) is 0 Å². The maximum atomic E-state index is 11.9. The van der Waals surface area contributed by atoms with E-state index in [2.05, 4.69) is 30.6 Å². The molecular formula is C15H20OSn. The summed E-state index contributed by atoms with van der Waals surface area (Å²) in [5.41, 5.74) is 0.712. The fraction of sp³-hybridized carbons (Fsp3) is 0.400. The van der Waals surface area contributed by atoms with E-state index in [1.54, 1.807) is 0 Å². The molecule has 0 aliphatic heterocycles. The molecule has 1 rings (SSSR count). The third-order valence-electron chi connectivity index (χ3n) is 3.51. The van der Waals surface area contributed by atoms with Crippen molar-refractivity contribution in [3.8, 4) is 9.86 Å². The van der Waals surface area contributed by atoms with E-state index in [1.165, 1.54) is 13.3 Å². The van der Waals surface area contributed by atoms with Crippen LogP contribution in [0.1, 0.15) is 31.1 Å². The van der Waals surface area contributed by atoms with Gasteiger partial charge in [-0.05, 0) is 0 Å². The number of rotatable bonds is 4. The monoisotopic (exact) mass is 336 g/mol. The van der Waals surface area contributed by atoms with Gasteiger partial charge in [0.05, 0.1) is 0 Å². The molecule has 0 saturated carbocycles. The van der Waals surface area contributed by atoms with Gasteiger partial charge in [-0.15, -0.1) is 0 Å². The molecule has 0 heterocycles. The molecule has 0 N–H and O–H groups in total. The van der Waals surface area contributed by atoms with Gasteiger partial charge in [-0.3, -0.25) is 0 Å². The second-order valence-corrected chi connectivity index (χ2v) is 18.4. The van der Waals surface area contributed by atoms with Gasteiger partial charge < -0.3 is 0 Å². The first kappa shape index (κ1) is 14.3. The minimum absolute atomic E-state index is 0.0259. The van der Waals surface area contributed by atoms with Crippen LogP contribution in [-0.2, 0) is 0 Å². The van der Waals surface area contributed by atoms with Crippen molar-refractivity contribution in [1.29, 1.82) is 0 Å². The molecule has 0 atom stereocenters. The average molecular weight is 335 g/mol. The van der Waals surface area contributed by atoms with Crippen LogP contribution >= 0.6 is 0 Å². The Morgan fingerprint density at radius 2 is 1.59 bits per heavy atom. The summed E-state index contributed by atoms with van der Waals surface area (Å²) in [6, 6.07) is 9.34. The van der Waals surface area contributed by atoms with Crippen molar-refractivity contribution in [3.63, 3.8) is 0 Å². The van der Waals surface area contributed by atoms with Gasteiger partial charge in [-0.25, -0.2) is 0 Å². The number of hydrogen-bond donors (Lipinski definition) is 0. The van der Waals surface area contributed by atoms with Crippen LogP contribution in [0, 0.1) is 9.86 Å². The van der Waals surface area contributed by atoms with Crippen molar-refractivity contribution >= 4 is 24.2 Å². The summed E-state index contributed by atoms with van der Waals surface area (Å²) in [6.45, 7) is 6.68. The average Bonchev–Trinajstić information content (AvgIpc) is 2.41. The van der Waals surface area contributed by atoms with E-state index >= 15 is 0 Å². The normalized spacial score (nSPS) is 10.5. The van der Waals surface area contributed by atoms with Crippen LogP contribution in [0.25, 0.3) is 0 Å². The van der Waals surface area contributed by atoms with Crippen molar-refractivity contribution in [2.24, 2.45) is 0 Å². The molecule has 90 valence electrons. The van der Waals surface area contributed by atoms with E-state index in [9.17, 15) is 4.79 Å². The van der Waals surface area contributed by atoms with Crippen molar-refractivity contribution in [3.05, 3.63) is 35.9 Å². The zero-order valence-corrected chi connectivity index (χ0v) is 13.8. The zero-order valence-electron chi connectivity index (χ0n) is 10.9. The number of Topliss-reactive ketones (excluding diaryl/α,β-unsaturated/α-hetero) is 1. The van der Waals surface area contributed by atoms with Gasteiger partial charge >= 0.3 is 109 Å². The molecule has 0 fully saturated rings. The van der Waals surface area contributed by atoms with E-state index in [1.807, 2.05) is 30.3 Å². The molecule has 0 spiro atoms. The van der Waals surface area contributed by atoms with Crippen molar-refractivity contribution in [2.45, 2.75) is 34.1 Å². The molecule has 1 aromatic rings. The van der Waals surface area contributed by atoms with E-state index in [0.717, 1.165) is 0 Å². The predicted octanol–water partition coefficient (Wildman–Crippen LogP) is 3.92. The number of ketones is 1. The quantitative estimate of drug-likeness (QED) is 0.463. The molecule has 1 nitrogen and oxygen atoms in total. The second kappa shape index (κ2) is 6.86. The molecule has 0 aromatic heterocycles. The summed E-state index contributed by atoms with van der Waals surface area (Å²) in [6.07, 6.45) is 0. The van der Waals surface area contributed by atoms with Crippen LogP contribution in [0.5, 0.6) is 0 Å². The molecule has 0 aliphatic carbocycles. The second-order valence-electron chi connectivity index (χ2n) is 4.29. The Morgan fingerprint density at radius 3 is 2.06 bits per heavy atom. The fourth-order valence-electron chi connectivity index (χ4n) is 1.87. The Labute approximate surface area is 108 Å². The van der Waals surface area contributed by atoms with Gasteiger partial charge in [0, 0.05) is 0 Å². The molecule has 17 heavy (non-hydrogen) atoms. The van der Waals surface area contributed by atoms with Crippen LogP contribution in [0.15, 0.2) is 30.3 Å². The molecular weight excluding hydrogens is 315 g/mol. The molecule has 0 bridgehead atoms. The Balaban J connectivity index is 2.88. The van der Waals surface area contributed by atoms with Crippen LogP contribution < -0.4 is 0 Å². The fourth-order valence-corrected chi connectivity index (χ4v) is 8.74. The van der Waals surface area contributed by atoms with Crippen molar-refractivity contribution in [2.75, 3.05) is 0 Å². The summed E-state index contributed by atoms with van der Waals surface area (Å²) in [5, 5.41) is 0. The summed E-state index contributed by atoms with van der Waals surface area (Å²) in [4.78, 5) is 11.9. The molecule has 0 unspecified atom stereocenters. The molecule has 2 heteroatoms. The number of carbonyl (C=O) groups excluding carboxylic acids is 1. The van der Waals surface area contributed by atoms with E-state index in [-0.39, 0.29) is 5.78 Å². The SMILES string of the molecule is C[CH2][Sn]([C]#CC(=O)c1ccccc1)([CH2]C)[CH2]C. The first-order valence-corrected chi connectivity index (χ1v) is 13.8. The number of hydrogen-bond acceptors (Lipinski definition) is 1. The maximum absolute atomic E-state index is 11.9. The number of benzene rings is 1. The predicted molar refractivity (Wildman–Crippen MR) is 75.7 cm³/mol. The van der Waals surface area contributed by atoms with E-state index < -0.39 is 18.4 Å². The van der Waals surface area contributed by atoms with Crippen LogP contribution in [0.3, 0.4) is 0 Å². The molecule has 0 aliphatic rings. The van der Waals surface area contributed by atoms with Crippen molar-refractivity contribution < 1.29 is 4.79 Å². The third kappa shape index (κ3) is 3.88. The zero-order chi connectivity index (χ0) is 12.7. The molecule has 0 amide bonds. The molecule has 1 aromatic carbocycles. The van der Waals surface area contributed by atoms with E-state index in [0.29, 0.717) is 5.56 Å². The Hall–Kier alpha value is -0.751. The van der Waals surface area contributed by atoms with Gasteiger partial charge in [0.15, 0.2) is 0 Å². The molecule has 0 radical (unpaired) electrons. The molecule has 0 saturated heterocycles. The van der Waals surface area contributed by atoms with Crippen LogP contribution in [-0.4, -0.2) is 24.2 Å². The van der Waals surface area contributed by atoms with Gasteiger partial charge in [-0.1, -0.05) is 0 Å². The summed E-state index contributed by atoms with van der Waals surface area (Å²) in [5.74, 6) is 2.87. The first-order valence-electron chi connectivity index (χ1n) is 6.30. The van der Waals surface area contributed by atoms with Crippen LogP contribution in [0.2, 0.25) is 13.3 Å². The van der Waals surface area contributed by atoms with E-state index in [4.69, 9.17) is 0 Å². The Bertz CT molecular complexity index is 413. The standard InChI is InChI=1S/C9H5O.3C2H5.Sn/c1-2-9(10)8-6-4-3-5-7-8;3*1-2;/h3-7H;3*1H2,2H3;. The Morgan fingerprint density at radius 1 is 1.06 bits per heavy atom. The summed E-state index contributed by atoms with van der Waals surface area (Å²) < 4.78 is 7.01. The van der Waals surface area contributed by atoms with Gasteiger partial charge in [0.25, 0.3) is 0 Å². The van der Waals surface area contributed by atoms with Crippen molar-refractivity contribution in [1.82, 2.24) is 0 Å². The summed E-state index contributed by atoms with van der Waals surface area (Å²) in [7, 11) is 0. The number of carbonyl (C=O) groups is 1.